The molecule has 2 radical (unpaired) electrons. The van der Waals surface area contributed by atoms with Gasteiger partial charge in [-0.1, -0.05) is 0 Å². The molecule has 1 aliphatic heterocycles. The largest absolute Gasteiger partial charge is 0.493 e. The molecule has 10 heteroatoms. The summed E-state index contributed by atoms with van der Waals surface area (Å²) in [6.07, 6.45) is 5.07. The molecule has 0 aromatic heterocycles. The third-order valence-corrected chi connectivity index (χ3v) is 7.26. The number of benzene rings is 1. The molecule has 1 heterocycles. The number of piperidine rings is 1. The zero-order valence-electron chi connectivity index (χ0n) is 23.7. The number of carbonyl (C=O) groups excluding carboxylic acids is 2. The minimum absolute atomic E-state index is 0.000190. The number of methoxy groups -OCH3 is 2. The average Bonchev–Trinajstić information content (AvgIpc) is 3.73. The van der Waals surface area contributed by atoms with Crippen LogP contribution in [-0.2, 0) is 9.47 Å². The van der Waals surface area contributed by atoms with E-state index in [0.29, 0.717) is 56.0 Å². The minimum Gasteiger partial charge on any atom is -0.493 e. The standard InChI is InChI=1S/C28H44BN3O6/c1-6-37-28(34)30(22-9-10-22)15-14-23-11-12-24(19-31(23)29)32(20(2)3)27(33)21-8-13-25(36-5)26(18-21)38-17-7-16-35-4/h8,13,18,20,22-24H,6-7,9-12,14-17,19H2,1-5H3/t23-,24-/m1/s1. The van der Waals surface area contributed by atoms with E-state index >= 15 is 0 Å². The summed E-state index contributed by atoms with van der Waals surface area (Å²) >= 11 is 0. The Labute approximate surface area is 229 Å². The molecular weight excluding hydrogens is 485 g/mol. The van der Waals surface area contributed by atoms with Crippen LogP contribution in [0.3, 0.4) is 0 Å². The van der Waals surface area contributed by atoms with Crippen LogP contribution in [0.25, 0.3) is 0 Å². The maximum atomic E-state index is 13.7. The molecular formula is C28H44BN3O6. The molecule has 2 amide bonds. The SMILES string of the molecule is [B]N1C[C@H](N(C(=O)c2ccc(OC)c(OCCCOC)c2)C(C)C)CC[C@@H]1CCN(C(=O)OCC)C1CC1. The van der Waals surface area contributed by atoms with Crippen LogP contribution >= 0.6 is 0 Å². The second-order valence-electron chi connectivity index (χ2n) is 10.4. The van der Waals surface area contributed by atoms with E-state index in [1.807, 2.05) is 35.4 Å². The van der Waals surface area contributed by atoms with Crippen molar-refractivity contribution in [2.75, 3.05) is 47.1 Å². The zero-order chi connectivity index (χ0) is 27.7. The Hall–Kier alpha value is -2.46. The smallest absolute Gasteiger partial charge is 0.409 e. The predicted octanol–water partition coefficient (Wildman–Crippen LogP) is 3.89. The van der Waals surface area contributed by atoms with Crippen LogP contribution < -0.4 is 9.47 Å². The van der Waals surface area contributed by atoms with Crippen molar-refractivity contribution in [1.29, 1.82) is 0 Å². The summed E-state index contributed by atoms with van der Waals surface area (Å²) in [5.41, 5.74) is 0.557. The molecule has 0 bridgehead atoms. The number of hydrogen-bond acceptors (Lipinski definition) is 7. The first kappa shape index (κ1) is 30.1. The highest BCUT2D eigenvalue weighted by Crippen LogP contribution is 2.32. The molecule has 0 spiro atoms. The lowest BCUT2D eigenvalue weighted by Crippen LogP contribution is -2.55. The summed E-state index contributed by atoms with van der Waals surface area (Å²) in [6.45, 7) is 8.55. The van der Waals surface area contributed by atoms with Gasteiger partial charge in [0.2, 0.25) is 0 Å². The molecule has 1 aromatic rings. The van der Waals surface area contributed by atoms with Gasteiger partial charge in [0.25, 0.3) is 5.91 Å². The number of ether oxygens (including phenoxy) is 4. The molecule has 1 saturated carbocycles. The minimum atomic E-state index is -0.231. The Morgan fingerprint density at radius 1 is 1.08 bits per heavy atom. The van der Waals surface area contributed by atoms with Crippen molar-refractivity contribution in [3.8, 4) is 11.5 Å². The lowest BCUT2D eigenvalue weighted by Gasteiger charge is -2.44. The summed E-state index contributed by atoms with van der Waals surface area (Å²) in [5.74, 6) is 1.08. The number of nitrogens with zero attached hydrogens (tertiary/aromatic N) is 3. The molecule has 2 atom stereocenters. The van der Waals surface area contributed by atoms with E-state index in [2.05, 4.69) is 0 Å². The Bertz CT molecular complexity index is 913. The average molecular weight is 529 g/mol. The fraction of sp³-hybridized carbons (Fsp3) is 0.714. The highest BCUT2D eigenvalue weighted by Gasteiger charge is 2.36. The molecule has 1 saturated heterocycles. The van der Waals surface area contributed by atoms with E-state index in [9.17, 15) is 9.59 Å². The lowest BCUT2D eigenvalue weighted by molar-refractivity contribution is 0.0459. The Morgan fingerprint density at radius 3 is 2.42 bits per heavy atom. The van der Waals surface area contributed by atoms with Crippen molar-refractivity contribution < 1.29 is 28.5 Å². The van der Waals surface area contributed by atoms with Gasteiger partial charge >= 0.3 is 6.09 Å². The molecule has 2 aliphatic rings. The second kappa shape index (κ2) is 14.6. The zero-order valence-corrected chi connectivity index (χ0v) is 23.7. The van der Waals surface area contributed by atoms with Crippen LogP contribution in [0.1, 0.15) is 69.7 Å². The van der Waals surface area contributed by atoms with Crippen LogP contribution in [0.15, 0.2) is 18.2 Å². The van der Waals surface area contributed by atoms with E-state index in [1.165, 1.54) is 0 Å². The van der Waals surface area contributed by atoms with Crippen molar-refractivity contribution >= 4 is 20.0 Å². The van der Waals surface area contributed by atoms with Gasteiger partial charge in [0.15, 0.2) is 19.5 Å². The molecule has 1 aliphatic carbocycles. The third kappa shape index (κ3) is 8.02. The van der Waals surface area contributed by atoms with E-state index in [4.69, 9.17) is 26.9 Å². The van der Waals surface area contributed by atoms with Crippen molar-refractivity contribution in [3.05, 3.63) is 23.8 Å². The first-order valence-corrected chi connectivity index (χ1v) is 13.9. The van der Waals surface area contributed by atoms with Gasteiger partial charge in [-0.15, -0.1) is 0 Å². The molecule has 210 valence electrons. The van der Waals surface area contributed by atoms with Gasteiger partial charge in [-0.2, -0.15) is 0 Å². The number of hydrogen-bond donors (Lipinski definition) is 0. The van der Waals surface area contributed by atoms with Crippen LogP contribution in [0, 0.1) is 0 Å². The Balaban J connectivity index is 1.63. The van der Waals surface area contributed by atoms with Gasteiger partial charge in [-0.05, 0) is 77.1 Å². The summed E-state index contributed by atoms with van der Waals surface area (Å²) in [6, 6.07) is 5.76. The maximum absolute atomic E-state index is 13.7. The number of amides is 2. The fourth-order valence-corrected chi connectivity index (χ4v) is 5.15. The third-order valence-electron chi connectivity index (χ3n) is 7.26. The van der Waals surface area contributed by atoms with Crippen LogP contribution in [0.4, 0.5) is 4.79 Å². The molecule has 0 unspecified atom stereocenters. The first-order valence-electron chi connectivity index (χ1n) is 13.9. The molecule has 9 nitrogen and oxygen atoms in total. The first-order chi connectivity index (χ1) is 18.3. The van der Waals surface area contributed by atoms with Gasteiger partial charge in [-0.25, -0.2) is 4.79 Å². The van der Waals surface area contributed by atoms with Crippen molar-refractivity contribution in [1.82, 2.24) is 14.6 Å². The summed E-state index contributed by atoms with van der Waals surface area (Å²) in [4.78, 5) is 31.7. The fourth-order valence-electron chi connectivity index (χ4n) is 5.15. The summed E-state index contributed by atoms with van der Waals surface area (Å²) in [5, 5.41) is 0. The molecule has 0 N–H and O–H groups in total. The molecule has 38 heavy (non-hydrogen) atoms. The maximum Gasteiger partial charge on any atom is 0.409 e. The number of carbonyl (C=O) groups is 2. The molecule has 3 rings (SSSR count). The van der Waals surface area contributed by atoms with E-state index in [0.717, 1.165) is 38.5 Å². The lowest BCUT2D eigenvalue weighted by atomic mass is 9.91. The quantitative estimate of drug-likeness (QED) is 0.267. The van der Waals surface area contributed by atoms with Gasteiger partial charge in [0.1, 0.15) is 0 Å². The molecule has 2 fully saturated rings. The summed E-state index contributed by atoms with van der Waals surface area (Å²) in [7, 11) is 9.76. The second-order valence-corrected chi connectivity index (χ2v) is 10.4. The van der Waals surface area contributed by atoms with Gasteiger partial charge < -0.3 is 33.6 Å². The normalized spacial score (nSPS) is 19.7. The highest BCUT2D eigenvalue weighted by molar-refractivity contribution is 6.04. The van der Waals surface area contributed by atoms with Crippen LogP contribution in [-0.4, -0.2) is 106 Å². The van der Waals surface area contributed by atoms with Gasteiger partial charge in [-0.3, -0.25) is 4.79 Å². The number of rotatable bonds is 14. The van der Waals surface area contributed by atoms with Crippen LogP contribution in [0.2, 0.25) is 0 Å². The highest BCUT2D eigenvalue weighted by atomic mass is 16.6. The van der Waals surface area contributed by atoms with Crippen molar-refractivity contribution in [2.45, 2.75) is 83.5 Å². The summed E-state index contributed by atoms with van der Waals surface area (Å²) < 4.78 is 21.7. The van der Waals surface area contributed by atoms with Crippen molar-refractivity contribution in [3.63, 3.8) is 0 Å². The monoisotopic (exact) mass is 529 g/mol. The van der Waals surface area contributed by atoms with E-state index in [-0.39, 0.29) is 30.1 Å². The van der Waals surface area contributed by atoms with Crippen LogP contribution in [0.5, 0.6) is 11.5 Å². The Morgan fingerprint density at radius 2 is 1.82 bits per heavy atom. The van der Waals surface area contributed by atoms with Gasteiger partial charge in [0, 0.05) is 56.9 Å². The van der Waals surface area contributed by atoms with E-state index < -0.39 is 0 Å². The van der Waals surface area contributed by atoms with E-state index in [1.54, 1.807) is 32.4 Å². The molecule has 1 aromatic carbocycles. The topological polar surface area (TPSA) is 80.8 Å². The van der Waals surface area contributed by atoms with Gasteiger partial charge in [0.05, 0.1) is 20.3 Å². The Kier molecular flexibility index (Phi) is 11.6. The predicted molar refractivity (Wildman–Crippen MR) is 147 cm³/mol. The van der Waals surface area contributed by atoms with Crippen molar-refractivity contribution in [2.24, 2.45) is 0 Å².